The van der Waals surface area contributed by atoms with Gasteiger partial charge in [-0.2, -0.15) is 0 Å². The van der Waals surface area contributed by atoms with Crippen LogP contribution in [-0.2, 0) is 6.42 Å². The van der Waals surface area contributed by atoms with Gasteiger partial charge < -0.3 is 16.4 Å². The van der Waals surface area contributed by atoms with Crippen LogP contribution in [0.5, 0.6) is 0 Å². The van der Waals surface area contributed by atoms with Gasteiger partial charge in [-0.1, -0.05) is 18.5 Å². The lowest BCUT2D eigenvalue weighted by atomic mass is 10.1. The van der Waals surface area contributed by atoms with Gasteiger partial charge >= 0.3 is 0 Å². The van der Waals surface area contributed by atoms with E-state index in [-0.39, 0.29) is 11.8 Å². The molecule has 0 unspecified atom stereocenters. The van der Waals surface area contributed by atoms with Crippen LogP contribution in [-0.4, -0.2) is 29.9 Å². The smallest absolute Gasteiger partial charge is 0.275 e. The monoisotopic (exact) mass is 366 g/mol. The standard InChI is InChI=1S/C16H19ClN4O2S/c1-2-7-19-15(22)11-4-3-10(17)8-12(11)21-16(23)13-9-24-14(20-13)5-6-18/h3-4,8-9H,2,5-7,18H2,1H3,(H,19,22)(H,21,23). The van der Waals surface area contributed by atoms with Gasteiger partial charge in [0, 0.05) is 23.4 Å². The zero-order valence-electron chi connectivity index (χ0n) is 13.3. The maximum atomic E-state index is 12.4. The third-order valence-electron chi connectivity index (χ3n) is 3.15. The zero-order chi connectivity index (χ0) is 17.5. The molecular formula is C16H19ClN4O2S. The van der Waals surface area contributed by atoms with Crippen molar-refractivity contribution < 1.29 is 9.59 Å². The number of carbonyl (C=O) groups is 2. The number of nitrogens with two attached hydrogens (primary N) is 1. The molecule has 6 nitrogen and oxygen atoms in total. The van der Waals surface area contributed by atoms with E-state index in [2.05, 4.69) is 15.6 Å². The molecule has 0 aliphatic rings. The number of benzene rings is 1. The van der Waals surface area contributed by atoms with Crippen LogP contribution in [0.3, 0.4) is 0 Å². The summed E-state index contributed by atoms with van der Waals surface area (Å²) in [4.78, 5) is 28.8. The SMILES string of the molecule is CCCNC(=O)c1ccc(Cl)cc1NC(=O)c1csc(CCN)n1. The molecule has 0 bridgehead atoms. The van der Waals surface area contributed by atoms with Crippen molar-refractivity contribution in [1.29, 1.82) is 0 Å². The van der Waals surface area contributed by atoms with Crippen LogP contribution in [0.1, 0.15) is 39.2 Å². The molecule has 8 heteroatoms. The van der Waals surface area contributed by atoms with Crippen LogP contribution in [0.25, 0.3) is 0 Å². The van der Waals surface area contributed by atoms with Crippen LogP contribution >= 0.6 is 22.9 Å². The van der Waals surface area contributed by atoms with Crippen LogP contribution in [0.4, 0.5) is 5.69 Å². The first-order chi connectivity index (χ1) is 11.5. The quantitative estimate of drug-likeness (QED) is 0.701. The summed E-state index contributed by atoms with van der Waals surface area (Å²) in [6.45, 7) is 3.00. The van der Waals surface area contributed by atoms with E-state index in [0.29, 0.717) is 41.5 Å². The molecule has 128 valence electrons. The van der Waals surface area contributed by atoms with E-state index >= 15 is 0 Å². The number of carbonyl (C=O) groups excluding carboxylic acids is 2. The molecule has 2 aromatic rings. The first-order valence-corrected chi connectivity index (χ1v) is 8.84. The fraction of sp³-hybridized carbons (Fsp3) is 0.312. The molecule has 0 spiro atoms. The molecule has 0 saturated carbocycles. The van der Waals surface area contributed by atoms with Crippen LogP contribution < -0.4 is 16.4 Å². The van der Waals surface area contributed by atoms with E-state index < -0.39 is 0 Å². The molecule has 2 rings (SSSR count). The van der Waals surface area contributed by atoms with E-state index in [1.165, 1.54) is 11.3 Å². The number of hydrogen-bond donors (Lipinski definition) is 3. The Hall–Kier alpha value is -1.96. The zero-order valence-corrected chi connectivity index (χ0v) is 14.8. The number of rotatable bonds is 7. The molecule has 0 aliphatic carbocycles. The first kappa shape index (κ1) is 18.4. The third kappa shape index (κ3) is 4.77. The van der Waals surface area contributed by atoms with E-state index in [1.54, 1.807) is 23.6 Å². The van der Waals surface area contributed by atoms with Gasteiger partial charge in [-0.25, -0.2) is 4.98 Å². The fourth-order valence-electron chi connectivity index (χ4n) is 1.99. The number of nitrogens with one attached hydrogen (secondary N) is 2. The second-order valence-corrected chi connectivity index (χ2v) is 6.44. The lowest BCUT2D eigenvalue weighted by molar-refractivity contribution is 0.0954. The number of thiazole rings is 1. The summed E-state index contributed by atoms with van der Waals surface area (Å²) in [5.74, 6) is -0.646. The van der Waals surface area contributed by atoms with Crippen LogP contribution in [0.2, 0.25) is 5.02 Å². The van der Waals surface area contributed by atoms with E-state index in [1.807, 2.05) is 6.92 Å². The van der Waals surface area contributed by atoms with Crippen molar-refractivity contribution in [1.82, 2.24) is 10.3 Å². The minimum Gasteiger partial charge on any atom is -0.352 e. The largest absolute Gasteiger partial charge is 0.352 e. The molecular weight excluding hydrogens is 348 g/mol. The van der Waals surface area contributed by atoms with E-state index in [0.717, 1.165) is 11.4 Å². The summed E-state index contributed by atoms with van der Waals surface area (Å²) in [6.07, 6.45) is 1.45. The topological polar surface area (TPSA) is 97.1 Å². The van der Waals surface area contributed by atoms with Gasteiger partial charge in [-0.15, -0.1) is 11.3 Å². The summed E-state index contributed by atoms with van der Waals surface area (Å²) >= 11 is 7.37. The molecule has 24 heavy (non-hydrogen) atoms. The highest BCUT2D eigenvalue weighted by molar-refractivity contribution is 7.09. The van der Waals surface area contributed by atoms with Gasteiger partial charge in [-0.05, 0) is 31.2 Å². The number of nitrogens with zero attached hydrogens (tertiary/aromatic N) is 1. The molecule has 0 aliphatic heterocycles. The highest BCUT2D eigenvalue weighted by atomic mass is 35.5. The van der Waals surface area contributed by atoms with Gasteiger partial charge in [0.25, 0.3) is 11.8 Å². The second-order valence-electron chi connectivity index (χ2n) is 5.07. The maximum absolute atomic E-state index is 12.4. The van der Waals surface area contributed by atoms with Crippen molar-refractivity contribution in [3.63, 3.8) is 0 Å². The Balaban J connectivity index is 2.19. The number of hydrogen-bond acceptors (Lipinski definition) is 5. The molecule has 1 aromatic carbocycles. The Labute approximate surface area is 149 Å². The van der Waals surface area contributed by atoms with Gasteiger partial charge in [0.05, 0.1) is 16.3 Å². The summed E-state index contributed by atoms with van der Waals surface area (Å²) in [5, 5.41) is 8.39. The lowest BCUT2D eigenvalue weighted by Gasteiger charge is -2.11. The molecule has 4 N–H and O–H groups in total. The van der Waals surface area contributed by atoms with Crippen molar-refractivity contribution in [2.75, 3.05) is 18.4 Å². The van der Waals surface area contributed by atoms with Gasteiger partial charge in [0.1, 0.15) is 5.69 Å². The number of amides is 2. The minimum atomic E-state index is -0.388. The molecule has 1 aromatic heterocycles. The van der Waals surface area contributed by atoms with E-state index in [9.17, 15) is 9.59 Å². The molecule has 0 saturated heterocycles. The minimum absolute atomic E-state index is 0.258. The Kier molecular flexibility index (Phi) is 6.72. The average Bonchev–Trinajstić information content (AvgIpc) is 3.02. The van der Waals surface area contributed by atoms with E-state index in [4.69, 9.17) is 17.3 Å². The number of aromatic nitrogens is 1. The Morgan fingerprint density at radius 2 is 2.12 bits per heavy atom. The number of halogens is 1. The highest BCUT2D eigenvalue weighted by Crippen LogP contribution is 2.22. The van der Waals surface area contributed by atoms with Gasteiger partial charge in [-0.3, -0.25) is 9.59 Å². The van der Waals surface area contributed by atoms with Gasteiger partial charge in [0.15, 0.2) is 0 Å². The Morgan fingerprint density at radius 1 is 1.33 bits per heavy atom. The maximum Gasteiger partial charge on any atom is 0.275 e. The van der Waals surface area contributed by atoms with Crippen LogP contribution in [0.15, 0.2) is 23.6 Å². The van der Waals surface area contributed by atoms with Crippen LogP contribution in [0, 0.1) is 0 Å². The summed E-state index contributed by atoms with van der Waals surface area (Å²) in [7, 11) is 0. The van der Waals surface area contributed by atoms with Crippen molar-refractivity contribution in [3.8, 4) is 0 Å². The first-order valence-electron chi connectivity index (χ1n) is 7.58. The fourth-order valence-corrected chi connectivity index (χ4v) is 2.96. The predicted molar refractivity (Wildman–Crippen MR) is 96.9 cm³/mol. The molecule has 0 radical (unpaired) electrons. The summed E-state index contributed by atoms with van der Waals surface area (Å²) in [6, 6.07) is 4.75. The summed E-state index contributed by atoms with van der Waals surface area (Å²) < 4.78 is 0. The van der Waals surface area contributed by atoms with Gasteiger partial charge in [0.2, 0.25) is 0 Å². The highest BCUT2D eigenvalue weighted by Gasteiger charge is 2.16. The van der Waals surface area contributed by atoms with Crippen molar-refractivity contribution >= 4 is 40.4 Å². The predicted octanol–water partition coefficient (Wildman–Crippen LogP) is 2.69. The Bertz CT molecular complexity index is 733. The molecule has 0 fully saturated rings. The van der Waals surface area contributed by atoms with Crippen molar-refractivity contribution in [2.45, 2.75) is 19.8 Å². The summed E-state index contributed by atoms with van der Waals surface area (Å²) in [5.41, 5.74) is 6.50. The van der Waals surface area contributed by atoms with Crippen molar-refractivity contribution in [2.24, 2.45) is 5.73 Å². The third-order valence-corrected chi connectivity index (χ3v) is 4.30. The second kappa shape index (κ2) is 8.77. The lowest BCUT2D eigenvalue weighted by Crippen LogP contribution is -2.26. The number of anilines is 1. The molecule has 0 atom stereocenters. The Morgan fingerprint density at radius 3 is 2.83 bits per heavy atom. The molecule has 2 amide bonds. The van der Waals surface area contributed by atoms with Crippen molar-refractivity contribution in [3.05, 3.63) is 44.9 Å². The normalized spacial score (nSPS) is 10.5. The average molecular weight is 367 g/mol. The molecule has 1 heterocycles.